The molecule has 284 valence electrons. The first kappa shape index (κ1) is 43.7. The molecule has 0 aromatic rings. The number of esters is 3. The summed E-state index contributed by atoms with van der Waals surface area (Å²) in [5.74, 6) is -2.85. The largest absolute Gasteiger partial charge is 0.463 e. The molecule has 0 saturated carbocycles. The molecule has 21 heteroatoms. The Balaban J connectivity index is 1.85. The van der Waals surface area contributed by atoms with E-state index in [1.807, 2.05) is 0 Å². The van der Waals surface area contributed by atoms with E-state index in [0.29, 0.717) is 38.8 Å². The van der Waals surface area contributed by atoms with Crippen LogP contribution in [-0.4, -0.2) is 139 Å². The molecule has 18 nitrogen and oxygen atoms in total. The Morgan fingerprint density at radius 2 is 1.46 bits per heavy atom. The maximum absolute atomic E-state index is 12.4. The van der Waals surface area contributed by atoms with Crippen LogP contribution in [0.5, 0.6) is 0 Å². The lowest BCUT2D eigenvalue weighted by molar-refractivity contribution is -0.277. The smallest absolute Gasteiger partial charge is 0.324 e. The van der Waals surface area contributed by atoms with E-state index in [1.54, 1.807) is 0 Å². The van der Waals surface area contributed by atoms with Gasteiger partial charge in [-0.25, -0.2) is 4.79 Å². The lowest BCUT2D eigenvalue weighted by Gasteiger charge is -2.44. The van der Waals surface area contributed by atoms with E-state index in [9.17, 15) is 28.9 Å². The summed E-state index contributed by atoms with van der Waals surface area (Å²) in [6.07, 6.45) is -3.87. The van der Waals surface area contributed by atoms with E-state index in [1.165, 1.54) is 28.1 Å². The number of nitrogens with one attached hydrogen (secondary N) is 3. The van der Waals surface area contributed by atoms with Gasteiger partial charge in [-0.2, -0.15) is 0 Å². The molecule has 0 aromatic carbocycles. The van der Waals surface area contributed by atoms with Gasteiger partial charge in [0.15, 0.2) is 18.5 Å². The predicted octanol–water partition coefficient (Wildman–Crippen LogP) is -0.0769. The topological polar surface area (TPSA) is 225 Å². The van der Waals surface area contributed by atoms with Crippen LogP contribution >= 0.6 is 6.72 Å². The standard InChI is InChI=1S/C29H49BN3O15PS/c1-16(34)33-23-26(45-19(4)37)25(44-18(3)36)22(15-43-17(2)35)47-28(23)42-13-8-7-11-31-29(38)32-12-9-10-20-24(48-49(39,50)41-6)21(14-40-5)46-27(20)30/h20-28H,7-15H2,1-6H3,(H,33,34)(H,39,50)(H2,31,32,38)/t20-,21+,22+,23+,24?,25-,26+,27+,28+,49?/m0/s1. The molecule has 0 bridgehead atoms. The third-order valence-corrected chi connectivity index (χ3v) is 9.25. The molecule has 3 amide bonds. The molecule has 2 rings (SSSR count). The van der Waals surface area contributed by atoms with Crippen molar-refractivity contribution in [3.63, 3.8) is 0 Å². The molecule has 2 saturated heterocycles. The summed E-state index contributed by atoms with van der Waals surface area (Å²) in [6, 6.07) is -2.14. The Hall–Kier alpha value is -2.42. The maximum atomic E-state index is 12.4. The van der Waals surface area contributed by atoms with Crippen molar-refractivity contribution in [1.29, 1.82) is 0 Å². The molecule has 10 atom stereocenters. The Labute approximate surface area is 298 Å². The molecule has 2 fully saturated rings. The van der Waals surface area contributed by atoms with Gasteiger partial charge in [0.25, 0.3) is 0 Å². The molecular formula is C29H49BN3O15PS. The van der Waals surface area contributed by atoms with Crippen LogP contribution in [0.3, 0.4) is 0 Å². The summed E-state index contributed by atoms with van der Waals surface area (Å²) >= 11 is 5.00. The number of urea groups is 1. The van der Waals surface area contributed by atoms with E-state index >= 15 is 0 Å². The molecule has 2 radical (unpaired) electrons. The monoisotopic (exact) mass is 753 g/mol. The normalized spacial score (nSPS) is 28.9. The third kappa shape index (κ3) is 15.1. The van der Waals surface area contributed by atoms with Crippen molar-refractivity contribution < 1.29 is 71.1 Å². The third-order valence-electron chi connectivity index (χ3n) is 7.57. The molecule has 2 unspecified atom stereocenters. The van der Waals surface area contributed by atoms with Crippen LogP contribution in [0.4, 0.5) is 4.79 Å². The molecule has 2 heterocycles. The highest BCUT2D eigenvalue weighted by Gasteiger charge is 2.51. The number of rotatable bonds is 20. The maximum Gasteiger partial charge on any atom is 0.324 e. The van der Waals surface area contributed by atoms with Gasteiger partial charge in [0.1, 0.15) is 38.8 Å². The van der Waals surface area contributed by atoms with Crippen LogP contribution in [0.15, 0.2) is 0 Å². The molecular weight excluding hydrogens is 704 g/mol. The lowest BCUT2D eigenvalue weighted by atomic mass is 9.82. The van der Waals surface area contributed by atoms with Crippen molar-refractivity contribution in [2.45, 2.75) is 102 Å². The average Bonchev–Trinajstić information content (AvgIpc) is 3.30. The summed E-state index contributed by atoms with van der Waals surface area (Å²) in [7, 11) is 8.93. The average molecular weight is 754 g/mol. The van der Waals surface area contributed by atoms with Gasteiger partial charge >= 0.3 is 30.7 Å². The van der Waals surface area contributed by atoms with Crippen LogP contribution in [0.1, 0.15) is 53.4 Å². The highest BCUT2D eigenvalue weighted by molar-refractivity contribution is 8.07. The number of unbranched alkanes of at least 4 members (excludes halogenated alkanes) is 1. The fourth-order valence-corrected chi connectivity index (χ4v) is 6.46. The second-order valence-electron chi connectivity index (χ2n) is 11.6. The number of amides is 3. The van der Waals surface area contributed by atoms with E-state index in [-0.39, 0.29) is 31.8 Å². The van der Waals surface area contributed by atoms with Crippen molar-refractivity contribution in [2.24, 2.45) is 5.92 Å². The van der Waals surface area contributed by atoms with Gasteiger partial charge < -0.3 is 63.0 Å². The zero-order chi connectivity index (χ0) is 37.4. The fraction of sp³-hybridized carbons (Fsp3) is 0.828. The summed E-state index contributed by atoms with van der Waals surface area (Å²) in [5.41, 5.74) is 0. The zero-order valence-electron chi connectivity index (χ0n) is 29.2. The number of carbonyl (C=O) groups excluding carboxylic acids is 5. The van der Waals surface area contributed by atoms with Gasteiger partial charge in [0, 0.05) is 73.5 Å². The van der Waals surface area contributed by atoms with E-state index in [2.05, 4.69) is 16.0 Å². The first-order valence-corrected chi connectivity index (χ1v) is 18.7. The molecule has 0 aromatic heterocycles. The Morgan fingerprint density at radius 1 is 0.840 bits per heavy atom. The van der Waals surface area contributed by atoms with E-state index < -0.39 is 79.4 Å². The number of ether oxygens (including phenoxy) is 7. The molecule has 2 aliphatic rings. The van der Waals surface area contributed by atoms with Crippen molar-refractivity contribution in [3.05, 3.63) is 0 Å². The second-order valence-corrected chi connectivity index (χ2v) is 14.5. The highest BCUT2D eigenvalue weighted by atomic mass is 32.5. The summed E-state index contributed by atoms with van der Waals surface area (Å²) < 4.78 is 49.3. The van der Waals surface area contributed by atoms with Crippen LogP contribution in [-0.2, 0) is 73.2 Å². The van der Waals surface area contributed by atoms with E-state index in [4.69, 9.17) is 61.9 Å². The Bertz CT molecular complexity index is 1190. The first-order chi connectivity index (χ1) is 23.6. The van der Waals surface area contributed by atoms with Crippen LogP contribution in [0.2, 0.25) is 0 Å². The van der Waals surface area contributed by atoms with Crippen LogP contribution < -0.4 is 16.0 Å². The fourth-order valence-electron chi connectivity index (χ4n) is 5.48. The van der Waals surface area contributed by atoms with Gasteiger partial charge in [-0.1, -0.05) is 0 Å². The van der Waals surface area contributed by atoms with Gasteiger partial charge in [-0.3, -0.25) is 19.2 Å². The number of carbonyl (C=O) groups is 5. The lowest BCUT2D eigenvalue weighted by Crippen LogP contribution is -2.66. The molecule has 0 spiro atoms. The Kier molecular flexibility index (Phi) is 19.1. The highest BCUT2D eigenvalue weighted by Crippen LogP contribution is 2.48. The van der Waals surface area contributed by atoms with Crippen molar-refractivity contribution in [2.75, 3.05) is 47.1 Å². The van der Waals surface area contributed by atoms with Gasteiger partial charge in [-0.15, -0.1) is 0 Å². The zero-order valence-corrected chi connectivity index (χ0v) is 30.9. The predicted molar refractivity (Wildman–Crippen MR) is 178 cm³/mol. The molecule has 4 N–H and O–H groups in total. The summed E-state index contributed by atoms with van der Waals surface area (Å²) in [4.78, 5) is 70.0. The minimum Gasteiger partial charge on any atom is -0.463 e. The minimum absolute atomic E-state index is 0.108. The molecule has 0 aliphatic carbocycles. The Morgan fingerprint density at radius 3 is 2.04 bits per heavy atom. The second kappa shape index (κ2) is 21.8. The van der Waals surface area contributed by atoms with Gasteiger partial charge in [0.2, 0.25) is 5.91 Å². The number of methoxy groups -OCH3 is 1. The molecule has 50 heavy (non-hydrogen) atoms. The first-order valence-electron chi connectivity index (χ1n) is 16.1. The summed E-state index contributed by atoms with van der Waals surface area (Å²) in [5, 5.41) is 8.16. The van der Waals surface area contributed by atoms with Gasteiger partial charge in [0.05, 0.1) is 6.61 Å². The van der Waals surface area contributed by atoms with Gasteiger partial charge in [-0.05, 0) is 37.5 Å². The molecule has 2 aliphatic heterocycles. The van der Waals surface area contributed by atoms with Crippen LogP contribution in [0, 0.1) is 5.92 Å². The van der Waals surface area contributed by atoms with E-state index in [0.717, 1.165) is 13.8 Å². The minimum atomic E-state index is -3.49. The quantitative estimate of drug-likeness (QED) is 0.0420. The van der Waals surface area contributed by atoms with Crippen molar-refractivity contribution in [3.8, 4) is 0 Å². The summed E-state index contributed by atoms with van der Waals surface area (Å²) in [6.45, 7) is 1.85. The number of hydrogen-bond donors (Lipinski definition) is 4. The van der Waals surface area contributed by atoms with Crippen molar-refractivity contribution >= 4 is 56.2 Å². The number of hydrogen-bond acceptors (Lipinski definition) is 15. The van der Waals surface area contributed by atoms with Crippen LogP contribution in [0.25, 0.3) is 0 Å². The SMILES string of the molecule is [B][C@@H]1O[C@H](COC)C(OP(O)(=S)OC)[C@@H]1CCCNC(=O)NCCCCO[C@@H]1O[C@H](COC(C)=O)[C@H](OC(C)=O)[C@H](OC(C)=O)[C@H]1NC(C)=O. The van der Waals surface area contributed by atoms with Crippen molar-refractivity contribution in [1.82, 2.24) is 16.0 Å².